The molecular weight excluding hydrogens is 352 g/mol. The van der Waals surface area contributed by atoms with Crippen molar-refractivity contribution in [2.75, 3.05) is 0 Å². The van der Waals surface area contributed by atoms with Gasteiger partial charge in [-0.25, -0.2) is 0 Å². The highest BCUT2D eigenvalue weighted by molar-refractivity contribution is 8.26. The lowest BCUT2D eigenvalue weighted by Gasteiger charge is -2.06. The molecule has 0 spiro atoms. The highest BCUT2D eigenvalue weighted by Crippen LogP contribution is 2.31. The first-order valence-corrected chi connectivity index (χ1v) is 8.69. The Balaban J connectivity index is 1.73. The fourth-order valence-electron chi connectivity index (χ4n) is 2.10. The molecule has 3 rings (SSSR count). The van der Waals surface area contributed by atoms with Crippen molar-refractivity contribution < 1.29 is 9.90 Å². The molecule has 1 heterocycles. The van der Waals surface area contributed by atoms with Crippen molar-refractivity contribution in [1.29, 1.82) is 0 Å². The van der Waals surface area contributed by atoms with E-state index >= 15 is 0 Å². The summed E-state index contributed by atoms with van der Waals surface area (Å²) in [7, 11) is 0. The number of para-hydroxylation sites is 1. The lowest BCUT2D eigenvalue weighted by molar-refractivity contribution is -0.122. The molecule has 2 aromatic rings. The number of nitrogens with zero attached hydrogens (tertiary/aromatic N) is 2. The maximum Gasteiger partial charge on any atom is 0.286 e. The number of carbonyl (C=O) groups is 1. The fourth-order valence-corrected chi connectivity index (χ4v) is 3.22. The number of thiocarbonyl (C=S) groups is 1. The van der Waals surface area contributed by atoms with Gasteiger partial charge in [0.1, 0.15) is 5.75 Å². The molecule has 0 aromatic heterocycles. The second-order valence-corrected chi connectivity index (χ2v) is 6.76. The Bertz CT molecular complexity index is 889. The highest BCUT2D eigenvalue weighted by Gasteiger charge is 2.31. The van der Waals surface area contributed by atoms with E-state index in [4.69, 9.17) is 12.2 Å². The van der Waals surface area contributed by atoms with Gasteiger partial charge in [0.25, 0.3) is 5.91 Å². The summed E-state index contributed by atoms with van der Waals surface area (Å²) in [6.45, 7) is 0. The van der Waals surface area contributed by atoms with Crippen LogP contribution in [-0.2, 0) is 4.79 Å². The Hall–Kier alpha value is -2.70. The number of thioether (sulfide) groups is 1. The number of carbonyl (C=O) groups excluding carboxylic acids is 1. The van der Waals surface area contributed by atoms with E-state index in [-0.39, 0.29) is 11.7 Å². The Labute approximate surface area is 155 Å². The van der Waals surface area contributed by atoms with E-state index in [1.165, 1.54) is 18.0 Å². The first-order valence-electron chi connectivity index (χ1n) is 7.47. The van der Waals surface area contributed by atoms with Crippen molar-refractivity contribution in [2.24, 2.45) is 5.10 Å². The lowest BCUT2D eigenvalue weighted by atomic mass is 10.2. The van der Waals surface area contributed by atoms with Crippen LogP contribution in [0.5, 0.6) is 5.75 Å². The van der Waals surface area contributed by atoms with E-state index in [0.717, 1.165) is 10.6 Å². The molecule has 0 unspecified atom stereocenters. The Morgan fingerprint density at radius 1 is 1.08 bits per heavy atom. The second-order valence-electron chi connectivity index (χ2n) is 5.09. The molecule has 0 bridgehead atoms. The number of phenols is 1. The topological polar surface area (TPSA) is 52.9 Å². The van der Waals surface area contributed by atoms with Crippen LogP contribution in [0.4, 0.5) is 0 Å². The van der Waals surface area contributed by atoms with Gasteiger partial charge in [0.05, 0.1) is 11.1 Å². The zero-order chi connectivity index (χ0) is 17.6. The molecule has 2 aromatic carbocycles. The standard InChI is InChI=1S/C19H14N2O2S2/c22-16-11-5-4-10-15(16)13-20-21-18(23)17(25-19(21)24)12-6-9-14-7-2-1-3-8-14/h1-13,22H/b9-6-,17-12+,20-13+. The van der Waals surface area contributed by atoms with Crippen molar-refractivity contribution in [3.63, 3.8) is 0 Å². The van der Waals surface area contributed by atoms with Gasteiger partial charge in [0.15, 0.2) is 4.32 Å². The summed E-state index contributed by atoms with van der Waals surface area (Å²) >= 11 is 6.41. The van der Waals surface area contributed by atoms with E-state index in [0.29, 0.717) is 14.8 Å². The Morgan fingerprint density at radius 3 is 2.56 bits per heavy atom. The minimum atomic E-state index is -0.278. The highest BCUT2D eigenvalue weighted by atomic mass is 32.2. The smallest absolute Gasteiger partial charge is 0.286 e. The number of phenolic OH excluding ortho intramolecular Hbond substituents is 1. The predicted molar refractivity (Wildman–Crippen MR) is 106 cm³/mol. The minimum Gasteiger partial charge on any atom is -0.507 e. The third kappa shape index (κ3) is 4.23. The molecule has 124 valence electrons. The number of hydrazone groups is 1. The first-order chi connectivity index (χ1) is 12.1. The van der Waals surface area contributed by atoms with Crippen LogP contribution < -0.4 is 0 Å². The van der Waals surface area contributed by atoms with Crippen LogP contribution in [0, 0.1) is 0 Å². The van der Waals surface area contributed by atoms with Crippen molar-refractivity contribution in [3.05, 3.63) is 82.8 Å². The molecule has 1 saturated heterocycles. The Kier molecular flexibility index (Phi) is 5.42. The molecule has 0 aliphatic carbocycles. The average Bonchev–Trinajstić information content (AvgIpc) is 2.89. The number of allylic oxidation sites excluding steroid dienone is 2. The summed E-state index contributed by atoms with van der Waals surface area (Å²) in [4.78, 5) is 12.9. The first kappa shape index (κ1) is 17.1. The number of amides is 1. The van der Waals surface area contributed by atoms with Gasteiger partial charge in [0.2, 0.25) is 0 Å². The second kappa shape index (κ2) is 7.92. The molecule has 4 nitrogen and oxygen atoms in total. The third-order valence-electron chi connectivity index (χ3n) is 3.36. The van der Waals surface area contributed by atoms with E-state index in [1.807, 2.05) is 42.5 Å². The van der Waals surface area contributed by atoms with Gasteiger partial charge in [-0.3, -0.25) is 4.79 Å². The van der Waals surface area contributed by atoms with Crippen LogP contribution in [-0.4, -0.2) is 26.6 Å². The largest absolute Gasteiger partial charge is 0.507 e. The molecule has 0 saturated carbocycles. The SMILES string of the molecule is O=C1/C(=C\C=C/c2ccccc2)SC(=S)N1/N=C/c1ccccc1O. The van der Waals surface area contributed by atoms with Crippen molar-refractivity contribution >= 4 is 46.5 Å². The summed E-state index contributed by atoms with van der Waals surface area (Å²) in [6, 6.07) is 16.6. The molecule has 6 heteroatoms. The molecule has 1 aliphatic heterocycles. The maximum absolute atomic E-state index is 12.4. The lowest BCUT2D eigenvalue weighted by Crippen LogP contribution is -2.22. The van der Waals surface area contributed by atoms with Gasteiger partial charge >= 0.3 is 0 Å². The van der Waals surface area contributed by atoms with Gasteiger partial charge in [-0.1, -0.05) is 66.4 Å². The maximum atomic E-state index is 12.4. The van der Waals surface area contributed by atoms with E-state index in [1.54, 1.807) is 30.3 Å². The van der Waals surface area contributed by atoms with Gasteiger partial charge in [0, 0.05) is 5.56 Å². The molecule has 0 radical (unpaired) electrons. The zero-order valence-electron chi connectivity index (χ0n) is 13.1. The monoisotopic (exact) mass is 366 g/mol. The van der Waals surface area contributed by atoms with Gasteiger partial charge in [-0.2, -0.15) is 10.1 Å². The van der Waals surface area contributed by atoms with E-state index < -0.39 is 0 Å². The average molecular weight is 366 g/mol. The molecule has 0 atom stereocenters. The molecule has 1 aliphatic rings. The van der Waals surface area contributed by atoms with Crippen molar-refractivity contribution in [1.82, 2.24) is 5.01 Å². The van der Waals surface area contributed by atoms with Crippen LogP contribution in [0.2, 0.25) is 0 Å². The van der Waals surface area contributed by atoms with E-state index in [9.17, 15) is 9.90 Å². The minimum absolute atomic E-state index is 0.0954. The molecule has 1 amide bonds. The van der Waals surface area contributed by atoms with Crippen LogP contribution >= 0.6 is 24.0 Å². The molecule has 1 N–H and O–H groups in total. The quantitative estimate of drug-likeness (QED) is 0.501. The zero-order valence-corrected chi connectivity index (χ0v) is 14.7. The van der Waals surface area contributed by atoms with Crippen molar-refractivity contribution in [3.8, 4) is 5.75 Å². The molecule has 25 heavy (non-hydrogen) atoms. The van der Waals surface area contributed by atoms with Crippen LogP contribution in [0.3, 0.4) is 0 Å². The normalized spacial score (nSPS) is 16.6. The van der Waals surface area contributed by atoms with Crippen LogP contribution in [0.25, 0.3) is 6.08 Å². The number of hydrogen-bond acceptors (Lipinski definition) is 5. The number of aromatic hydroxyl groups is 1. The number of hydrogen-bond donors (Lipinski definition) is 1. The summed E-state index contributed by atoms with van der Waals surface area (Å²) in [5.74, 6) is -0.183. The predicted octanol–water partition coefficient (Wildman–Crippen LogP) is 4.18. The molecule has 1 fully saturated rings. The van der Waals surface area contributed by atoms with Crippen LogP contribution in [0.1, 0.15) is 11.1 Å². The van der Waals surface area contributed by atoms with Gasteiger partial charge in [-0.15, -0.1) is 0 Å². The summed E-state index contributed by atoms with van der Waals surface area (Å²) < 4.78 is 0.357. The molecular formula is C19H14N2O2S2. The number of rotatable bonds is 4. The number of benzene rings is 2. The summed E-state index contributed by atoms with van der Waals surface area (Å²) in [5.41, 5.74) is 1.57. The van der Waals surface area contributed by atoms with Gasteiger partial charge in [-0.05, 0) is 36.0 Å². The summed E-state index contributed by atoms with van der Waals surface area (Å²) in [5, 5.41) is 15.0. The van der Waals surface area contributed by atoms with E-state index in [2.05, 4.69) is 5.10 Å². The Morgan fingerprint density at radius 2 is 1.80 bits per heavy atom. The summed E-state index contributed by atoms with van der Waals surface area (Å²) in [6.07, 6.45) is 6.87. The van der Waals surface area contributed by atoms with Gasteiger partial charge < -0.3 is 5.11 Å². The fraction of sp³-hybridized carbons (Fsp3) is 0. The van der Waals surface area contributed by atoms with Crippen LogP contribution in [0.15, 0.2) is 76.8 Å². The third-order valence-corrected chi connectivity index (χ3v) is 4.66. The van der Waals surface area contributed by atoms with Crippen molar-refractivity contribution in [2.45, 2.75) is 0 Å².